The van der Waals surface area contributed by atoms with E-state index in [1.165, 1.54) is 25.7 Å². The van der Waals surface area contributed by atoms with Gasteiger partial charge in [0.25, 0.3) is 0 Å². The summed E-state index contributed by atoms with van der Waals surface area (Å²) in [6, 6.07) is 1.49. The number of rotatable bonds is 2. The summed E-state index contributed by atoms with van der Waals surface area (Å²) in [6.45, 7) is 11.6. The first-order valence-corrected chi connectivity index (χ1v) is 8.70. The number of fused-ring (bicyclic) bond motifs is 1. The van der Waals surface area contributed by atoms with Crippen LogP contribution in [0.4, 0.5) is 0 Å². The Morgan fingerprint density at radius 1 is 1.15 bits per heavy atom. The lowest BCUT2D eigenvalue weighted by Crippen LogP contribution is -2.62. The van der Waals surface area contributed by atoms with E-state index in [-0.39, 0.29) is 0 Å². The summed E-state index contributed by atoms with van der Waals surface area (Å²) in [7, 11) is 2.76. The van der Waals surface area contributed by atoms with Gasteiger partial charge in [-0.1, -0.05) is 37.8 Å². The first-order chi connectivity index (χ1) is 9.47. The standard InChI is InChI=1S/C17H29BNO/c1-11(2)17-6-5-15-13(14(8-17)18-17)7-16(9-20-10-16)19(15)12(3)4/h11-15H,5-10H2,1-4H3. The molecule has 5 rings (SSSR count). The van der Waals surface area contributed by atoms with Crippen LogP contribution in [-0.4, -0.2) is 43.0 Å². The highest BCUT2D eigenvalue weighted by atomic mass is 16.5. The molecule has 1 spiro atoms. The molecule has 20 heavy (non-hydrogen) atoms. The second-order valence-electron chi connectivity index (χ2n) is 8.61. The molecule has 4 saturated heterocycles. The van der Waals surface area contributed by atoms with E-state index in [0.717, 1.165) is 36.9 Å². The first kappa shape index (κ1) is 13.6. The third kappa shape index (κ3) is 1.60. The van der Waals surface area contributed by atoms with Crippen LogP contribution in [0.1, 0.15) is 53.4 Å². The maximum Gasteiger partial charge on any atom is 0.122 e. The maximum atomic E-state index is 5.63. The minimum atomic E-state index is 0.408. The smallest absolute Gasteiger partial charge is 0.122 e. The van der Waals surface area contributed by atoms with Gasteiger partial charge in [0.1, 0.15) is 7.28 Å². The van der Waals surface area contributed by atoms with Crippen LogP contribution in [0, 0.1) is 11.8 Å². The van der Waals surface area contributed by atoms with E-state index in [1.807, 2.05) is 0 Å². The highest BCUT2D eigenvalue weighted by molar-refractivity contribution is 6.46. The lowest BCUT2D eigenvalue weighted by molar-refractivity contribution is -0.141. The van der Waals surface area contributed by atoms with Crippen molar-refractivity contribution in [1.29, 1.82) is 0 Å². The Bertz CT molecular complexity index is 398. The zero-order valence-electron chi connectivity index (χ0n) is 13.6. The molecule has 4 atom stereocenters. The third-order valence-corrected chi connectivity index (χ3v) is 7.08. The fourth-order valence-electron chi connectivity index (χ4n) is 5.99. The van der Waals surface area contributed by atoms with Crippen molar-refractivity contribution in [2.45, 2.75) is 82.1 Å². The normalized spacial score (nSPS) is 45.8. The highest BCUT2D eigenvalue weighted by Gasteiger charge is 2.63. The van der Waals surface area contributed by atoms with Gasteiger partial charge < -0.3 is 4.74 Å². The predicted molar refractivity (Wildman–Crippen MR) is 83.3 cm³/mol. The van der Waals surface area contributed by atoms with Crippen LogP contribution in [0.2, 0.25) is 11.1 Å². The third-order valence-electron chi connectivity index (χ3n) is 7.08. The Balaban J connectivity index is 1.61. The summed E-state index contributed by atoms with van der Waals surface area (Å²) >= 11 is 0. The van der Waals surface area contributed by atoms with Crippen molar-refractivity contribution in [3.63, 3.8) is 0 Å². The van der Waals surface area contributed by atoms with Gasteiger partial charge in [-0.25, -0.2) is 0 Å². The van der Waals surface area contributed by atoms with E-state index in [4.69, 9.17) is 4.74 Å². The number of hydrogen-bond acceptors (Lipinski definition) is 2. The molecule has 4 unspecified atom stereocenters. The molecule has 0 aromatic rings. The Morgan fingerprint density at radius 3 is 2.35 bits per heavy atom. The van der Waals surface area contributed by atoms with Crippen LogP contribution in [0.25, 0.3) is 0 Å². The minimum Gasteiger partial charge on any atom is -0.377 e. The Kier molecular flexibility index (Phi) is 2.90. The number of nitrogens with zero attached hydrogens (tertiary/aromatic N) is 1. The summed E-state index contributed by atoms with van der Waals surface area (Å²) in [5.41, 5.74) is 0.408. The van der Waals surface area contributed by atoms with Crippen LogP contribution in [0.3, 0.4) is 0 Å². The maximum absolute atomic E-state index is 5.63. The van der Waals surface area contributed by atoms with E-state index < -0.39 is 0 Å². The Morgan fingerprint density at radius 2 is 1.85 bits per heavy atom. The SMILES string of the molecule is CC(C)N1C2CCC3(C(C)C)[B]C(C3)C2CC12COC2. The van der Waals surface area contributed by atoms with E-state index in [9.17, 15) is 0 Å². The number of ether oxygens (including phenoxy) is 1. The molecule has 0 aromatic carbocycles. The van der Waals surface area contributed by atoms with Gasteiger partial charge in [-0.3, -0.25) is 4.90 Å². The molecular formula is C17H29BNO. The van der Waals surface area contributed by atoms with E-state index in [0.29, 0.717) is 16.9 Å². The molecule has 111 valence electrons. The van der Waals surface area contributed by atoms with Gasteiger partial charge in [-0.15, -0.1) is 0 Å². The summed E-state index contributed by atoms with van der Waals surface area (Å²) in [6.07, 6.45) is 5.69. The summed E-state index contributed by atoms with van der Waals surface area (Å²) in [5, 5.41) is 0.584. The quantitative estimate of drug-likeness (QED) is 0.716. The number of hydrogen-bond donors (Lipinski definition) is 0. The molecule has 2 bridgehead atoms. The molecule has 2 nitrogen and oxygen atoms in total. The van der Waals surface area contributed by atoms with Crippen LogP contribution in [0.5, 0.6) is 0 Å². The molecule has 0 aromatic heterocycles. The second kappa shape index (κ2) is 4.26. The first-order valence-electron chi connectivity index (χ1n) is 8.70. The van der Waals surface area contributed by atoms with Gasteiger partial charge in [0.05, 0.1) is 18.8 Å². The van der Waals surface area contributed by atoms with Crippen LogP contribution in [-0.2, 0) is 4.74 Å². The van der Waals surface area contributed by atoms with Crippen molar-refractivity contribution in [1.82, 2.24) is 4.90 Å². The van der Waals surface area contributed by atoms with E-state index in [1.54, 1.807) is 0 Å². The van der Waals surface area contributed by atoms with E-state index >= 15 is 0 Å². The zero-order valence-corrected chi connectivity index (χ0v) is 13.6. The molecule has 0 N–H and O–H groups in total. The monoisotopic (exact) mass is 274 g/mol. The molecule has 0 amide bonds. The number of likely N-dealkylation sites (tertiary alicyclic amines) is 1. The average molecular weight is 274 g/mol. The van der Waals surface area contributed by atoms with Crippen LogP contribution < -0.4 is 0 Å². The van der Waals surface area contributed by atoms with Gasteiger partial charge in [-0.05, 0) is 38.5 Å². The fraction of sp³-hybridized carbons (Fsp3) is 1.00. The average Bonchev–Trinajstić information content (AvgIpc) is 2.46. The lowest BCUT2D eigenvalue weighted by Gasteiger charge is -2.52. The summed E-state index contributed by atoms with van der Waals surface area (Å²) in [5.74, 6) is 2.63. The van der Waals surface area contributed by atoms with Gasteiger partial charge in [-0.2, -0.15) is 0 Å². The second-order valence-corrected chi connectivity index (χ2v) is 8.61. The molecule has 1 saturated carbocycles. The summed E-state index contributed by atoms with van der Waals surface area (Å²) in [4.78, 5) is 2.86. The molecule has 4 aliphatic heterocycles. The van der Waals surface area contributed by atoms with E-state index in [2.05, 4.69) is 39.9 Å². The minimum absolute atomic E-state index is 0.408. The molecule has 1 aliphatic carbocycles. The van der Waals surface area contributed by atoms with Gasteiger partial charge in [0.15, 0.2) is 0 Å². The fourth-order valence-corrected chi connectivity index (χ4v) is 5.99. The van der Waals surface area contributed by atoms with Crippen molar-refractivity contribution in [3.8, 4) is 0 Å². The van der Waals surface area contributed by atoms with Gasteiger partial charge >= 0.3 is 0 Å². The Hall–Kier alpha value is -0.0151. The van der Waals surface area contributed by atoms with Crippen molar-refractivity contribution in [3.05, 3.63) is 0 Å². The molecule has 5 fully saturated rings. The van der Waals surface area contributed by atoms with Crippen molar-refractivity contribution in [2.75, 3.05) is 13.2 Å². The zero-order chi connectivity index (χ0) is 14.1. The van der Waals surface area contributed by atoms with Crippen molar-refractivity contribution < 1.29 is 4.74 Å². The lowest BCUT2D eigenvalue weighted by atomic mass is 9.27. The van der Waals surface area contributed by atoms with Crippen molar-refractivity contribution in [2.24, 2.45) is 11.8 Å². The molecule has 4 heterocycles. The largest absolute Gasteiger partial charge is 0.377 e. The molecule has 5 aliphatic rings. The topological polar surface area (TPSA) is 12.5 Å². The molecule has 1 radical (unpaired) electrons. The van der Waals surface area contributed by atoms with Crippen LogP contribution in [0.15, 0.2) is 0 Å². The highest BCUT2D eigenvalue weighted by Crippen LogP contribution is 2.66. The molecular weight excluding hydrogens is 245 g/mol. The van der Waals surface area contributed by atoms with Crippen molar-refractivity contribution >= 4 is 7.28 Å². The van der Waals surface area contributed by atoms with Gasteiger partial charge in [0.2, 0.25) is 0 Å². The Labute approximate surface area is 124 Å². The molecule has 3 heteroatoms. The van der Waals surface area contributed by atoms with Gasteiger partial charge in [0, 0.05) is 12.1 Å². The summed E-state index contributed by atoms with van der Waals surface area (Å²) < 4.78 is 5.63. The predicted octanol–water partition coefficient (Wildman–Crippen LogP) is 3.36. The van der Waals surface area contributed by atoms with Crippen LogP contribution >= 0.6 is 0 Å².